The topological polar surface area (TPSA) is 26.0 Å². The van der Waals surface area contributed by atoms with E-state index in [0.717, 1.165) is 19.3 Å². The molecule has 0 amide bonds. The van der Waals surface area contributed by atoms with Crippen LogP contribution < -0.4 is 5.73 Å². The average Bonchev–Trinajstić information content (AvgIpc) is 2.56. The Labute approximate surface area is 77.6 Å². The van der Waals surface area contributed by atoms with Crippen molar-refractivity contribution < 1.29 is 0 Å². The van der Waals surface area contributed by atoms with Gasteiger partial charge in [0, 0.05) is 12.5 Å². The number of thiophene rings is 1. The minimum Gasteiger partial charge on any atom is -0.324 e. The van der Waals surface area contributed by atoms with Crippen LogP contribution in [0.3, 0.4) is 0 Å². The quantitative estimate of drug-likeness (QED) is 0.558. The van der Waals surface area contributed by atoms with Gasteiger partial charge in [0.25, 0.3) is 0 Å². The molecule has 1 aromatic rings. The maximum atomic E-state index is 5.92. The van der Waals surface area contributed by atoms with Gasteiger partial charge in [-0.1, -0.05) is 0 Å². The van der Waals surface area contributed by atoms with Crippen LogP contribution >= 0.6 is 11.3 Å². The Morgan fingerprint density at radius 1 is 1.67 bits per heavy atom. The number of nitrogens with two attached hydrogens (primary N) is 1. The number of hydrogen-bond acceptors (Lipinski definition) is 2. The Balaban J connectivity index is 2.30. The molecule has 0 bridgehead atoms. The lowest BCUT2D eigenvalue weighted by Gasteiger charge is -2.07. The van der Waals surface area contributed by atoms with Crippen molar-refractivity contribution in [2.24, 2.45) is 5.73 Å². The first-order chi connectivity index (χ1) is 5.84. The predicted octanol–water partition coefficient (Wildman–Crippen LogP) is 2.55. The molecule has 1 atom stereocenters. The summed E-state index contributed by atoms with van der Waals surface area (Å²) in [6.07, 6.45) is 7.98. The molecule has 0 spiro atoms. The second kappa shape index (κ2) is 4.97. The summed E-state index contributed by atoms with van der Waals surface area (Å²) in [5.41, 5.74) is 7.15. The minimum atomic E-state index is 0.171. The highest BCUT2D eigenvalue weighted by atomic mass is 32.1. The van der Waals surface area contributed by atoms with Gasteiger partial charge in [-0.3, -0.25) is 0 Å². The molecule has 0 saturated heterocycles. The van der Waals surface area contributed by atoms with Crippen LogP contribution in [0.25, 0.3) is 0 Å². The number of unbranched alkanes of at least 4 members (excludes halogenated alkanes) is 1. The highest BCUT2D eigenvalue weighted by Crippen LogP contribution is 2.18. The summed E-state index contributed by atoms with van der Waals surface area (Å²) in [6.45, 7) is 0. The van der Waals surface area contributed by atoms with Gasteiger partial charge in [0.15, 0.2) is 0 Å². The Kier molecular flexibility index (Phi) is 3.86. The molecule has 64 valence electrons. The monoisotopic (exact) mass is 179 g/mol. The fraction of sp³-hybridized carbons (Fsp3) is 0.400. The Morgan fingerprint density at radius 3 is 3.08 bits per heavy atom. The van der Waals surface area contributed by atoms with Crippen LogP contribution in [0.2, 0.25) is 0 Å². The van der Waals surface area contributed by atoms with Gasteiger partial charge in [-0.05, 0) is 35.2 Å². The number of hydrogen-bond donors (Lipinski definition) is 1. The molecule has 0 radical (unpaired) electrons. The van der Waals surface area contributed by atoms with Crippen molar-refractivity contribution in [1.82, 2.24) is 0 Å². The van der Waals surface area contributed by atoms with Crippen molar-refractivity contribution in [3.05, 3.63) is 22.4 Å². The van der Waals surface area contributed by atoms with Crippen LogP contribution in [-0.2, 0) is 0 Å². The van der Waals surface area contributed by atoms with Crippen LogP contribution in [0.5, 0.6) is 0 Å². The van der Waals surface area contributed by atoms with Crippen molar-refractivity contribution in [2.75, 3.05) is 0 Å². The lowest BCUT2D eigenvalue weighted by molar-refractivity contribution is 0.623. The highest BCUT2D eigenvalue weighted by Gasteiger charge is 2.04. The van der Waals surface area contributed by atoms with E-state index >= 15 is 0 Å². The Morgan fingerprint density at radius 2 is 2.50 bits per heavy atom. The minimum absolute atomic E-state index is 0.171. The SMILES string of the molecule is C#CCCCC(N)c1ccsc1. The fourth-order valence-corrected chi connectivity index (χ4v) is 1.80. The van der Waals surface area contributed by atoms with Crippen molar-refractivity contribution in [3.63, 3.8) is 0 Å². The van der Waals surface area contributed by atoms with Crippen molar-refractivity contribution >= 4 is 11.3 Å². The normalized spacial score (nSPS) is 12.3. The predicted molar refractivity (Wildman–Crippen MR) is 53.9 cm³/mol. The van der Waals surface area contributed by atoms with Crippen LogP contribution in [0.4, 0.5) is 0 Å². The van der Waals surface area contributed by atoms with E-state index in [1.807, 2.05) is 0 Å². The maximum absolute atomic E-state index is 5.92. The van der Waals surface area contributed by atoms with Gasteiger partial charge in [0.1, 0.15) is 0 Å². The van der Waals surface area contributed by atoms with Crippen LogP contribution in [0, 0.1) is 12.3 Å². The molecule has 12 heavy (non-hydrogen) atoms. The molecule has 0 aliphatic heterocycles. The lowest BCUT2D eigenvalue weighted by atomic mass is 10.1. The Bertz CT molecular complexity index is 245. The zero-order valence-corrected chi connectivity index (χ0v) is 7.81. The molecule has 2 heteroatoms. The first-order valence-corrected chi connectivity index (χ1v) is 5.00. The average molecular weight is 179 g/mol. The third kappa shape index (κ3) is 2.69. The molecule has 0 aromatic carbocycles. The van der Waals surface area contributed by atoms with E-state index in [-0.39, 0.29) is 6.04 Å². The molecule has 0 aliphatic rings. The standard InChI is InChI=1S/C10H13NS/c1-2-3-4-5-10(11)9-6-7-12-8-9/h1,6-8,10H,3-5,11H2. The number of terminal acetylenes is 1. The molecular weight excluding hydrogens is 166 g/mol. The molecule has 1 heterocycles. The zero-order chi connectivity index (χ0) is 8.81. The first kappa shape index (κ1) is 9.31. The molecule has 2 N–H and O–H groups in total. The van der Waals surface area contributed by atoms with E-state index in [1.165, 1.54) is 5.56 Å². The van der Waals surface area contributed by atoms with Gasteiger partial charge >= 0.3 is 0 Å². The summed E-state index contributed by atoms with van der Waals surface area (Å²) in [5, 5.41) is 4.15. The summed E-state index contributed by atoms with van der Waals surface area (Å²) >= 11 is 1.69. The van der Waals surface area contributed by atoms with Crippen molar-refractivity contribution in [3.8, 4) is 12.3 Å². The van der Waals surface area contributed by atoms with E-state index in [0.29, 0.717) is 0 Å². The second-order valence-corrected chi connectivity index (χ2v) is 3.54. The summed E-state index contributed by atoms with van der Waals surface area (Å²) in [4.78, 5) is 0. The van der Waals surface area contributed by atoms with E-state index < -0.39 is 0 Å². The van der Waals surface area contributed by atoms with Gasteiger partial charge < -0.3 is 5.73 Å². The summed E-state index contributed by atoms with van der Waals surface area (Å²) in [7, 11) is 0. The molecule has 1 nitrogen and oxygen atoms in total. The molecule has 1 unspecified atom stereocenters. The smallest absolute Gasteiger partial charge is 0.0303 e. The van der Waals surface area contributed by atoms with Gasteiger partial charge in [0.05, 0.1) is 0 Å². The van der Waals surface area contributed by atoms with Gasteiger partial charge in [0.2, 0.25) is 0 Å². The summed E-state index contributed by atoms with van der Waals surface area (Å²) < 4.78 is 0. The van der Waals surface area contributed by atoms with E-state index in [4.69, 9.17) is 12.2 Å². The van der Waals surface area contributed by atoms with E-state index in [1.54, 1.807) is 11.3 Å². The summed E-state index contributed by atoms with van der Waals surface area (Å²) in [5.74, 6) is 2.62. The highest BCUT2D eigenvalue weighted by molar-refractivity contribution is 7.07. The Hall–Kier alpha value is -0.780. The molecule has 1 rings (SSSR count). The van der Waals surface area contributed by atoms with Gasteiger partial charge in [-0.2, -0.15) is 11.3 Å². The summed E-state index contributed by atoms with van der Waals surface area (Å²) in [6, 6.07) is 2.25. The van der Waals surface area contributed by atoms with Crippen LogP contribution in [0.1, 0.15) is 30.9 Å². The van der Waals surface area contributed by atoms with Crippen LogP contribution in [-0.4, -0.2) is 0 Å². The van der Waals surface area contributed by atoms with Gasteiger partial charge in [-0.25, -0.2) is 0 Å². The zero-order valence-electron chi connectivity index (χ0n) is 6.99. The molecular formula is C10H13NS. The van der Waals surface area contributed by atoms with E-state index in [2.05, 4.69) is 22.7 Å². The van der Waals surface area contributed by atoms with Crippen molar-refractivity contribution in [2.45, 2.75) is 25.3 Å². The van der Waals surface area contributed by atoms with Crippen molar-refractivity contribution in [1.29, 1.82) is 0 Å². The lowest BCUT2D eigenvalue weighted by Crippen LogP contribution is -2.08. The fourth-order valence-electron chi connectivity index (χ4n) is 1.08. The second-order valence-electron chi connectivity index (χ2n) is 2.76. The molecule has 1 aromatic heterocycles. The van der Waals surface area contributed by atoms with Crippen LogP contribution in [0.15, 0.2) is 16.8 Å². The van der Waals surface area contributed by atoms with Gasteiger partial charge in [-0.15, -0.1) is 12.3 Å². The van der Waals surface area contributed by atoms with E-state index in [9.17, 15) is 0 Å². The molecule has 0 aliphatic carbocycles. The third-order valence-electron chi connectivity index (χ3n) is 1.81. The molecule has 0 fully saturated rings. The number of rotatable bonds is 4. The molecule has 0 saturated carbocycles. The maximum Gasteiger partial charge on any atom is 0.0303 e. The largest absolute Gasteiger partial charge is 0.324 e. The first-order valence-electron chi connectivity index (χ1n) is 4.05. The third-order valence-corrected chi connectivity index (χ3v) is 2.51.